The molecule has 0 aliphatic rings. The largest absolute Gasteiger partial charge is 0.467 e. The highest BCUT2D eigenvalue weighted by Gasteiger charge is 2.28. The lowest BCUT2D eigenvalue weighted by Crippen LogP contribution is -2.25. The van der Waals surface area contributed by atoms with Crippen molar-refractivity contribution in [2.24, 2.45) is 0 Å². The number of hydrogen-bond acceptors (Lipinski definition) is 4. The molecule has 1 aromatic heterocycles. The van der Waals surface area contributed by atoms with E-state index in [0.29, 0.717) is 6.54 Å². The highest BCUT2D eigenvalue weighted by Crippen LogP contribution is 2.28. The van der Waals surface area contributed by atoms with Crippen molar-refractivity contribution in [1.82, 2.24) is 14.5 Å². The van der Waals surface area contributed by atoms with Crippen LogP contribution in [0.1, 0.15) is 17.4 Å². The van der Waals surface area contributed by atoms with Crippen LogP contribution >= 0.6 is 0 Å². The zero-order valence-electron chi connectivity index (χ0n) is 14.1. The van der Waals surface area contributed by atoms with Crippen molar-refractivity contribution in [1.29, 1.82) is 0 Å². The van der Waals surface area contributed by atoms with E-state index < -0.39 is 6.04 Å². The third kappa shape index (κ3) is 3.03. The number of fused-ring (bicyclic) bond motifs is 1. The maximum atomic E-state index is 12.6. The molecule has 2 aromatic carbocycles. The van der Waals surface area contributed by atoms with E-state index in [1.54, 1.807) is 0 Å². The molecule has 0 bridgehead atoms. The van der Waals surface area contributed by atoms with Crippen molar-refractivity contribution in [3.8, 4) is 0 Å². The lowest BCUT2D eigenvalue weighted by Gasteiger charge is -2.21. The van der Waals surface area contributed by atoms with E-state index in [4.69, 9.17) is 9.72 Å². The van der Waals surface area contributed by atoms with E-state index in [2.05, 4.69) is 0 Å². The van der Waals surface area contributed by atoms with Gasteiger partial charge in [0.2, 0.25) is 0 Å². The molecule has 124 valence electrons. The minimum absolute atomic E-state index is 0.302. The lowest BCUT2D eigenvalue weighted by molar-refractivity contribution is -0.143. The van der Waals surface area contributed by atoms with Crippen LogP contribution in [0.3, 0.4) is 0 Å². The van der Waals surface area contributed by atoms with Crippen LogP contribution in [0.15, 0.2) is 54.6 Å². The SMILES string of the molecule is COC(=O)C(c1ccccc1)n1c(CN(C)C)nc2ccccc21. The van der Waals surface area contributed by atoms with Crippen molar-refractivity contribution in [3.63, 3.8) is 0 Å². The van der Waals surface area contributed by atoms with Gasteiger partial charge in [-0.2, -0.15) is 0 Å². The van der Waals surface area contributed by atoms with Gasteiger partial charge in [0.05, 0.1) is 24.7 Å². The van der Waals surface area contributed by atoms with E-state index in [9.17, 15) is 4.79 Å². The number of carbonyl (C=O) groups is 1. The standard InChI is InChI=1S/C19H21N3O2/c1-21(2)13-17-20-15-11-7-8-12-16(15)22(17)18(19(23)24-3)14-9-5-4-6-10-14/h4-12,18H,13H2,1-3H3. The predicted octanol–water partition coefficient (Wildman–Crippen LogP) is 2.86. The first-order valence-electron chi connectivity index (χ1n) is 7.85. The second-order valence-electron chi connectivity index (χ2n) is 5.96. The van der Waals surface area contributed by atoms with E-state index >= 15 is 0 Å². The fourth-order valence-electron chi connectivity index (χ4n) is 2.91. The number of ether oxygens (including phenoxy) is 1. The summed E-state index contributed by atoms with van der Waals surface area (Å²) in [6.45, 7) is 0.634. The number of nitrogens with zero attached hydrogens (tertiary/aromatic N) is 3. The topological polar surface area (TPSA) is 47.4 Å². The maximum absolute atomic E-state index is 12.6. The molecule has 0 saturated carbocycles. The van der Waals surface area contributed by atoms with Crippen LogP contribution in [-0.4, -0.2) is 41.6 Å². The molecule has 0 amide bonds. The molecule has 0 N–H and O–H groups in total. The van der Waals surface area contributed by atoms with E-state index in [-0.39, 0.29) is 5.97 Å². The van der Waals surface area contributed by atoms with Crippen LogP contribution in [0.5, 0.6) is 0 Å². The number of hydrogen-bond donors (Lipinski definition) is 0. The van der Waals surface area contributed by atoms with Gasteiger partial charge in [-0.15, -0.1) is 0 Å². The molecule has 0 fully saturated rings. The van der Waals surface area contributed by atoms with Gasteiger partial charge >= 0.3 is 5.97 Å². The predicted molar refractivity (Wildman–Crippen MR) is 93.7 cm³/mol. The number of carbonyl (C=O) groups excluding carboxylic acids is 1. The lowest BCUT2D eigenvalue weighted by atomic mass is 10.1. The summed E-state index contributed by atoms with van der Waals surface area (Å²) >= 11 is 0. The molecule has 1 heterocycles. The number of methoxy groups -OCH3 is 1. The highest BCUT2D eigenvalue weighted by atomic mass is 16.5. The molecule has 24 heavy (non-hydrogen) atoms. The Morgan fingerprint density at radius 1 is 1.12 bits per heavy atom. The van der Waals surface area contributed by atoms with Gasteiger partial charge < -0.3 is 14.2 Å². The highest BCUT2D eigenvalue weighted by molar-refractivity contribution is 5.83. The summed E-state index contributed by atoms with van der Waals surface area (Å²) in [5.74, 6) is 0.532. The molecule has 5 nitrogen and oxygen atoms in total. The smallest absolute Gasteiger partial charge is 0.333 e. The third-order valence-corrected chi connectivity index (χ3v) is 3.92. The average Bonchev–Trinajstić information content (AvgIpc) is 2.93. The number of aromatic nitrogens is 2. The molecule has 3 aromatic rings. The van der Waals surface area contributed by atoms with E-state index in [1.807, 2.05) is 78.2 Å². The minimum Gasteiger partial charge on any atom is -0.467 e. The summed E-state index contributed by atoms with van der Waals surface area (Å²) in [4.78, 5) is 19.4. The molecular formula is C19H21N3O2. The number of para-hydroxylation sites is 2. The Morgan fingerprint density at radius 3 is 2.46 bits per heavy atom. The Bertz CT molecular complexity index is 840. The minimum atomic E-state index is -0.557. The monoisotopic (exact) mass is 323 g/mol. The first kappa shape index (κ1) is 16.2. The summed E-state index contributed by atoms with van der Waals surface area (Å²) in [6.07, 6.45) is 0. The van der Waals surface area contributed by atoms with Crippen molar-refractivity contribution < 1.29 is 9.53 Å². The number of rotatable bonds is 5. The van der Waals surface area contributed by atoms with Crippen molar-refractivity contribution in [2.45, 2.75) is 12.6 Å². The van der Waals surface area contributed by atoms with Gasteiger partial charge in [0.15, 0.2) is 6.04 Å². The van der Waals surface area contributed by atoms with Crippen LogP contribution in [0.2, 0.25) is 0 Å². The number of esters is 1. The Kier molecular flexibility index (Phi) is 4.62. The summed E-state index contributed by atoms with van der Waals surface area (Å²) < 4.78 is 7.08. The van der Waals surface area contributed by atoms with Crippen molar-refractivity contribution >= 4 is 17.0 Å². The number of imidazole rings is 1. The first-order valence-corrected chi connectivity index (χ1v) is 7.85. The van der Waals surface area contributed by atoms with Gasteiger partial charge in [0.25, 0.3) is 0 Å². The summed E-state index contributed by atoms with van der Waals surface area (Å²) in [5, 5.41) is 0. The average molecular weight is 323 g/mol. The van der Waals surface area contributed by atoms with E-state index in [1.165, 1.54) is 7.11 Å². The molecule has 5 heteroatoms. The molecular weight excluding hydrogens is 302 g/mol. The zero-order chi connectivity index (χ0) is 17.1. The normalized spacial score (nSPS) is 12.5. The fourth-order valence-corrected chi connectivity index (χ4v) is 2.91. The van der Waals surface area contributed by atoms with Gasteiger partial charge in [-0.1, -0.05) is 42.5 Å². The summed E-state index contributed by atoms with van der Waals surface area (Å²) in [7, 11) is 5.39. The van der Waals surface area contributed by atoms with Gasteiger partial charge in [-0.3, -0.25) is 0 Å². The van der Waals surface area contributed by atoms with Crippen LogP contribution < -0.4 is 0 Å². The van der Waals surface area contributed by atoms with Crippen LogP contribution in [0.4, 0.5) is 0 Å². The quantitative estimate of drug-likeness (QED) is 0.678. The molecule has 3 rings (SSSR count). The van der Waals surface area contributed by atoms with Gasteiger partial charge in [-0.25, -0.2) is 9.78 Å². The molecule has 0 saturated heterocycles. The molecule has 1 unspecified atom stereocenters. The Hall–Kier alpha value is -2.66. The zero-order valence-corrected chi connectivity index (χ0v) is 14.1. The summed E-state index contributed by atoms with van der Waals surface area (Å²) in [5.41, 5.74) is 2.68. The molecule has 1 atom stereocenters. The molecule has 0 aliphatic heterocycles. The Morgan fingerprint density at radius 2 is 1.79 bits per heavy atom. The summed E-state index contributed by atoms with van der Waals surface area (Å²) in [6, 6.07) is 17.0. The van der Waals surface area contributed by atoms with Crippen LogP contribution in [0.25, 0.3) is 11.0 Å². The van der Waals surface area contributed by atoms with Crippen LogP contribution in [-0.2, 0) is 16.1 Å². The third-order valence-electron chi connectivity index (χ3n) is 3.92. The van der Waals surface area contributed by atoms with Gasteiger partial charge in [-0.05, 0) is 31.8 Å². The second-order valence-corrected chi connectivity index (χ2v) is 5.96. The second kappa shape index (κ2) is 6.84. The molecule has 0 radical (unpaired) electrons. The first-order chi connectivity index (χ1) is 11.6. The Labute approximate surface area is 141 Å². The maximum Gasteiger partial charge on any atom is 0.333 e. The fraction of sp³-hybridized carbons (Fsp3) is 0.263. The van der Waals surface area contributed by atoms with Crippen molar-refractivity contribution in [2.75, 3.05) is 21.2 Å². The van der Waals surface area contributed by atoms with Gasteiger partial charge in [0.1, 0.15) is 5.82 Å². The van der Waals surface area contributed by atoms with Gasteiger partial charge in [0, 0.05) is 0 Å². The van der Waals surface area contributed by atoms with Crippen molar-refractivity contribution in [3.05, 3.63) is 66.0 Å². The van der Waals surface area contributed by atoms with Crippen LogP contribution in [0, 0.1) is 0 Å². The number of benzene rings is 2. The Balaban J connectivity index is 2.24. The molecule has 0 aliphatic carbocycles. The van der Waals surface area contributed by atoms with E-state index in [0.717, 1.165) is 22.4 Å². The molecule has 0 spiro atoms.